The molecule has 42 heavy (non-hydrogen) atoms. The van der Waals surface area contributed by atoms with Gasteiger partial charge in [0.1, 0.15) is 17.5 Å². The first-order chi connectivity index (χ1) is 20.0. The van der Waals surface area contributed by atoms with Gasteiger partial charge in [-0.2, -0.15) is 0 Å². The van der Waals surface area contributed by atoms with Gasteiger partial charge in [0.05, 0.1) is 0 Å². The number of hydrogen-bond donors (Lipinski definition) is 4. The maximum absolute atomic E-state index is 14.0. The Hall–Kier alpha value is -5.14. The molecule has 1 aromatic carbocycles. The predicted octanol–water partition coefficient (Wildman–Crippen LogP) is 2.11. The molecule has 0 bridgehead atoms. The summed E-state index contributed by atoms with van der Waals surface area (Å²) in [7, 11) is 0. The van der Waals surface area contributed by atoms with Crippen LogP contribution in [0.2, 0.25) is 0 Å². The normalized spacial score (nSPS) is 16.2. The van der Waals surface area contributed by atoms with E-state index in [1.807, 2.05) is 0 Å². The van der Waals surface area contributed by atoms with E-state index in [0.717, 1.165) is 22.8 Å². The van der Waals surface area contributed by atoms with Crippen LogP contribution in [-0.4, -0.2) is 51.1 Å². The summed E-state index contributed by atoms with van der Waals surface area (Å²) in [4.78, 5) is 63.1. The minimum atomic E-state index is -1.35. The van der Waals surface area contributed by atoms with Crippen LogP contribution in [0.15, 0.2) is 64.1 Å². The molecule has 3 amide bonds. The van der Waals surface area contributed by atoms with Gasteiger partial charge >= 0.3 is 5.97 Å². The maximum Gasteiger partial charge on any atom is 0.328 e. The highest BCUT2D eigenvalue weighted by molar-refractivity contribution is 6.02. The van der Waals surface area contributed by atoms with Gasteiger partial charge in [-0.3, -0.25) is 19.2 Å². The molecule has 4 N–H and O–H groups in total. The minimum Gasteiger partial charge on any atom is -0.478 e. The zero-order chi connectivity index (χ0) is 30.4. The number of carboxylic acids is 1. The van der Waals surface area contributed by atoms with Crippen LogP contribution in [0, 0.1) is 24.5 Å². The van der Waals surface area contributed by atoms with Crippen molar-refractivity contribution in [2.45, 2.75) is 38.3 Å². The second kappa shape index (κ2) is 13.0. The van der Waals surface area contributed by atoms with Crippen molar-refractivity contribution in [1.29, 1.82) is 0 Å². The number of aromatic nitrogens is 2. The molecule has 3 heterocycles. The van der Waals surface area contributed by atoms with E-state index < -0.39 is 53.0 Å². The Labute approximate surface area is 237 Å². The molecule has 0 spiro atoms. The lowest BCUT2D eigenvalue weighted by Crippen LogP contribution is -2.43. The van der Waals surface area contributed by atoms with Gasteiger partial charge in [-0.15, -0.1) is 0 Å². The van der Waals surface area contributed by atoms with Crippen molar-refractivity contribution in [3.63, 3.8) is 0 Å². The van der Waals surface area contributed by atoms with Crippen molar-refractivity contribution in [2.75, 3.05) is 11.9 Å². The average Bonchev–Trinajstić information content (AvgIpc) is 3.56. The van der Waals surface area contributed by atoms with E-state index in [2.05, 4.69) is 21.1 Å². The van der Waals surface area contributed by atoms with Crippen LogP contribution in [0.5, 0.6) is 0 Å². The molecule has 1 aliphatic heterocycles. The first-order valence-electron chi connectivity index (χ1n) is 12.9. The number of halogens is 2. The molecule has 1 aliphatic rings. The van der Waals surface area contributed by atoms with Crippen LogP contribution >= 0.6 is 0 Å². The molecular weight excluding hydrogens is 556 g/mol. The number of amides is 3. The summed E-state index contributed by atoms with van der Waals surface area (Å²) in [5, 5.41) is 20.5. The zero-order valence-electron chi connectivity index (χ0n) is 22.3. The average molecular weight is 584 g/mol. The number of hydrogen-bond acceptors (Lipinski definition) is 7. The van der Waals surface area contributed by atoms with Gasteiger partial charge < -0.3 is 30.1 Å². The number of carboxylic acid groups (broad SMARTS) is 1. The molecule has 3 atom stereocenters. The highest BCUT2D eigenvalue weighted by Crippen LogP contribution is 2.20. The lowest BCUT2D eigenvalue weighted by molar-refractivity contribution is -0.131. The quantitative estimate of drug-likeness (QED) is 0.249. The zero-order valence-corrected chi connectivity index (χ0v) is 22.3. The number of rotatable bonds is 11. The van der Waals surface area contributed by atoms with Gasteiger partial charge in [0, 0.05) is 43.3 Å². The fourth-order valence-electron chi connectivity index (χ4n) is 4.56. The predicted molar refractivity (Wildman–Crippen MR) is 143 cm³/mol. The van der Waals surface area contributed by atoms with Crippen LogP contribution in [0.25, 0.3) is 0 Å². The van der Waals surface area contributed by atoms with E-state index in [1.54, 1.807) is 6.92 Å². The van der Waals surface area contributed by atoms with Crippen molar-refractivity contribution in [3.8, 4) is 0 Å². The molecule has 0 radical (unpaired) electrons. The molecular formula is C28H27F2N5O7. The highest BCUT2D eigenvalue weighted by atomic mass is 19.2. The standard InChI is InChI=1S/C28H27F2N5O7/c1-15-11-22(34-42-15)26(39)33-21-3-2-10-35(28(21)41)23(13-16-4-6-19(29)20(30)12-16)27(40)32-18(5-7-24(36)37)14-17-8-9-31-25(17)38/h2-7,10-12,17-18,23H,8-9,13-14H2,1H3,(H,31,38)(H,32,40)(H,33,39)(H,36,37)/b7-5+/t17?,18-,23+/m1/s1. The third-order valence-electron chi connectivity index (χ3n) is 6.63. The fraction of sp³-hybridized carbons (Fsp3) is 0.286. The summed E-state index contributed by atoms with van der Waals surface area (Å²) in [6.45, 7) is 2.02. The molecule has 3 aromatic rings. The monoisotopic (exact) mass is 583 g/mol. The molecule has 14 heteroatoms. The van der Waals surface area contributed by atoms with E-state index in [4.69, 9.17) is 9.63 Å². The van der Waals surface area contributed by atoms with Crippen molar-refractivity contribution in [2.24, 2.45) is 5.92 Å². The number of pyridine rings is 1. The van der Waals surface area contributed by atoms with Gasteiger partial charge in [-0.25, -0.2) is 13.6 Å². The third-order valence-corrected chi connectivity index (χ3v) is 6.63. The van der Waals surface area contributed by atoms with Gasteiger partial charge in [-0.1, -0.05) is 17.3 Å². The third kappa shape index (κ3) is 7.33. The van der Waals surface area contributed by atoms with Crippen molar-refractivity contribution < 1.29 is 37.6 Å². The summed E-state index contributed by atoms with van der Waals surface area (Å²) in [5.41, 5.74) is -0.888. The van der Waals surface area contributed by atoms with Gasteiger partial charge in [-0.05, 0) is 49.6 Å². The summed E-state index contributed by atoms with van der Waals surface area (Å²) in [6, 6.07) is 4.85. The van der Waals surface area contributed by atoms with Gasteiger partial charge in [0.2, 0.25) is 11.8 Å². The number of anilines is 1. The second-order valence-corrected chi connectivity index (χ2v) is 9.70. The molecule has 12 nitrogen and oxygen atoms in total. The Kier molecular flexibility index (Phi) is 9.25. The SMILES string of the molecule is Cc1cc(C(=O)Nc2cccn([C@@H](Cc3ccc(F)c(F)c3)C(=O)N[C@H](/C=C/C(=O)O)CC3CCNC3=O)c2=O)no1. The maximum atomic E-state index is 14.0. The van der Waals surface area contributed by atoms with E-state index in [0.29, 0.717) is 18.7 Å². The number of aryl methyl sites for hydroxylation is 1. The molecule has 0 aliphatic carbocycles. The summed E-state index contributed by atoms with van der Waals surface area (Å²) < 4.78 is 33.5. The number of carbonyl (C=O) groups excluding carboxylic acids is 3. The number of nitrogens with zero attached hydrogens (tertiary/aromatic N) is 2. The van der Waals surface area contributed by atoms with Crippen molar-refractivity contribution >= 4 is 29.4 Å². The van der Waals surface area contributed by atoms with Gasteiger partial charge in [0.15, 0.2) is 17.3 Å². The summed E-state index contributed by atoms with van der Waals surface area (Å²) >= 11 is 0. The number of nitrogens with one attached hydrogen (secondary N) is 3. The van der Waals surface area contributed by atoms with Crippen LogP contribution in [0.4, 0.5) is 14.5 Å². The molecule has 2 aromatic heterocycles. The van der Waals surface area contributed by atoms with Crippen LogP contribution in [0.3, 0.4) is 0 Å². The van der Waals surface area contributed by atoms with Gasteiger partial charge in [0.25, 0.3) is 11.5 Å². The molecule has 1 unspecified atom stereocenters. The molecule has 0 saturated carbocycles. The van der Waals surface area contributed by atoms with E-state index in [-0.39, 0.29) is 35.7 Å². The fourth-order valence-corrected chi connectivity index (χ4v) is 4.56. The highest BCUT2D eigenvalue weighted by Gasteiger charge is 2.30. The van der Waals surface area contributed by atoms with Crippen molar-refractivity contribution in [3.05, 3.63) is 93.8 Å². The summed E-state index contributed by atoms with van der Waals surface area (Å²) in [6.07, 6.45) is 3.63. The summed E-state index contributed by atoms with van der Waals surface area (Å²) in [5.74, 6) is -5.39. The Morgan fingerprint density at radius 1 is 1.21 bits per heavy atom. The van der Waals surface area contributed by atoms with Crippen LogP contribution in [0.1, 0.15) is 40.7 Å². The number of carbonyl (C=O) groups is 4. The molecule has 1 saturated heterocycles. The van der Waals surface area contributed by atoms with E-state index in [9.17, 15) is 32.8 Å². The largest absolute Gasteiger partial charge is 0.478 e. The second-order valence-electron chi connectivity index (χ2n) is 9.70. The Morgan fingerprint density at radius 3 is 2.64 bits per heavy atom. The smallest absolute Gasteiger partial charge is 0.328 e. The lowest BCUT2D eigenvalue weighted by Gasteiger charge is -2.24. The minimum absolute atomic E-state index is 0.0811. The Morgan fingerprint density at radius 2 is 2.00 bits per heavy atom. The molecule has 220 valence electrons. The van der Waals surface area contributed by atoms with Crippen LogP contribution in [-0.2, 0) is 20.8 Å². The van der Waals surface area contributed by atoms with E-state index in [1.165, 1.54) is 36.5 Å². The first kappa shape index (κ1) is 29.8. The topological polar surface area (TPSA) is 173 Å². The Bertz CT molecular complexity index is 1600. The van der Waals surface area contributed by atoms with E-state index >= 15 is 0 Å². The number of benzene rings is 1. The Balaban J connectivity index is 1.67. The first-order valence-corrected chi connectivity index (χ1v) is 12.9. The lowest BCUT2D eigenvalue weighted by atomic mass is 9.97. The molecule has 1 fully saturated rings. The molecule has 4 rings (SSSR count). The van der Waals surface area contributed by atoms with Crippen molar-refractivity contribution in [1.82, 2.24) is 20.4 Å². The van der Waals surface area contributed by atoms with Crippen LogP contribution < -0.4 is 21.5 Å². The number of aliphatic carboxylic acids is 1.